The van der Waals surface area contributed by atoms with Gasteiger partial charge in [-0.1, -0.05) is 19.1 Å². The zero-order valence-corrected chi connectivity index (χ0v) is 20.3. The minimum atomic E-state index is -0.237. The molecule has 0 radical (unpaired) electrons. The summed E-state index contributed by atoms with van der Waals surface area (Å²) in [6.45, 7) is 5.45. The topological polar surface area (TPSA) is 67.3 Å². The molecular formula is C26H32N4O2S. The molecule has 3 heterocycles. The van der Waals surface area contributed by atoms with Gasteiger partial charge in [0.2, 0.25) is 0 Å². The van der Waals surface area contributed by atoms with E-state index in [-0.39, 0.29) is 5.97 Å². The van der Waals surface area contributed by atoms with Crippen LogP contribution in [0.3, 0.4) is 0 Å². The molecule has 0 saturated carbocycles. The smallest absolute Gasteiger partial charge is 0.341 e. The first-order valence-corrected chi connectivity index (χ1v) is 13.1. The van der Waals surface area contributed by atoms with E-state index in [4.69, 9.17) is 14.7 Å². The van der Waals surface area contributed by atoms with E-state index < -0.39 is 0 Å². The number of rotatable bonds is 6. The number of carbonyl (C=O) groups is 1. The fourth-order valence-corrected chi connectivity index (χ4v) is 6.44. The third kappa shape index (κ3) is 4.31. The first-order chi connectivity index (χ1) is 16.2. The van der Waals surface area contributed by atoms with Crippen LogP contribution >= 0.6 is 11.3 Å². The molecule has 33 heavy (non-hydrogen) atoms. The molecule has 7 heteroatoms. The van der Waals surface area contributed by atoms with Crippen molar-refractivity contribution in [2.45, 2.75) is 71.3 Å². The first-order valence-electron chi connectivity index (χ1n) is 12.3. The van der Waals surface area contributed by atoms with Crippen LogP contribution in [-0.4, -0.2) is 35.1 Å². The van der Waals surface area contributed by atoms with Gasteiger partial charge in [-0.3, -0.25) is 0 Å². The van der Waals surface area contributed by atoms with E-state index in [0.717, 1.165) is 71.9 Å². The molecule has 1 aliphatic carbocycles. The summed E-state index contributed by atoms with van der Waals surface area (Å²) in [6, 6.07) is 8.47. The standard InChI is InChI=1S/C26H32N4O2S/c1-3-17-11-9-10-16-30(17)24-23(27-19-13-6-7-14-20(19)28-24)29-25-22(26(31)32-4-2)18-12-5-8-15-21(18)33-25/h6-7,13-14,17H,3-5,8-12,15-16H2,1-2H3,(H,27,29)/t17-/m0/s1. The zero-order chi connectivity index (χ0) is 22.8. The molecule has 0 amide bonds. The molecule has 0 spiro atoms. The summed E-state index contributed by atoms with van der Waals surface area (Å²) in [5.74, 6) is 1.39. The quantitative estimate of drug-likeness (QED) is 0.434. The Morgan fingerprint density at radius 1 is 1.12 bits per heavy atom. The van der Waals surface area contributed by atoms with Gasteiger partial charge in [0, 0.05) is 17.5 Å². The molecule has 0 bridgehead atoms. The van der Waals surface area contributed by atoms with Gasteiger partial charge in [-0.05, 0) is 76.0 Å². The van der Waals surface area contributed by atoms with Crippen LogP contribution in [0.4, 0.5) is 16.6 Å². The number of esters is 1. The van der Waals surface area contributed by atoms with Gasteiger partial charge in [0.25, 0.3) is 0 Å². The van der Waals surface area contributed by atoms with Gasteiger partial charge in [0.05, 0.1) is 23.2 Å². The molecule has 2 aromatic heterocycles. The lowest BCUT2D eigenvalue weighted by Gasteiger charge is -2.37. The number of hydrogen-bond donors (Lipinski definition) is 1. The van der Waals surface area contributed by atoms with E-state index in [2.05, 4.69) is 17.1 Å². The van der Waals surface area contributed by atoms with Gasteiger partial charge in [-0.2, -0.15) is 0 Å². The molecule has 174 valence electrons. The largest absolute Gasteiger partial charge is 0.462 e. The Labute approximate surface area is 199 Å². The van der Waals surface area contributed by atoms with Crippen LogP contribution in [0.1, 0.15) is 73.2 Å². The number of ether oxygens (including phenoxy) is 1. The molecule has 1 aromatic carbocycles. The van der Waals surface area contributed by atoms with Crippen molar-refractivity contribution in [1.82, 2.24) is 9.97 Å². The molecule has 1 atom stereocenters. The maximum atomic E-state index is 13.0. The summed E-state index contributed by atoms with van der Waals surface area (Å²) in [5, 5.41) is 4.42. The Balaban J connectivity index is 1.62. The summed E-state index contributed by atoms with van der Waals surface area (Å²) < 4.78 is 5.46. The number of thiophene rings is 1. The molecule has 2 aliphatic rings. The Bertz CT molecular complexity index is 1160. The second kappa shape index (κ2) is 9.67. The number of aromatic nitrogens is 2. The van der Waals surface area contributed by atoms with Crippen molar-refractivity contribution in [2.24, 2.45) is 0 Å². The van der Waals surface area contributed by atoms with Crippen LogP contribution in [0.25, 0.3) is 11.0 Å². The Hall–Kier alpha value is -2.67. The highest BCUT2D eigenvalue weighted by molar-refractivity contribution is 7.16. The minimum absolute atomic E-state index is 0.237. The summed E-state index contributed by atoms with van der Waals surface area (Å²) >= 11 is 1.68. The van der Waals surface area contributed by atoms with Crippen LogP contribution in [0.15, 0.2) is 24.3 Å². The van der Waals surface area contributed by atoms with Gasteiger partial charge >= 0.3 is 5.97 Å². The molecule has 1 fully saturated rings. The molecule has 0 unspecified atom stereocenters. The van der Waals surface area contributed by atoms with Gasteiger partial charge in [0.15, 0.2) is 11.6 Å². The Kier molecular flexibility index (Phi) is 6.49. The van der Waals surface area contributed by atoms with Crippen LogP contribution in [0, 0.1) is 0 Å². The molecule has 1 aliphatic heterocycles. The molecule has 3 aromatic rings. The number of nitrogens with zero attached hydrogens (tertiary/aromatic N) is 3. The van der Waals surface area contributed by atoms with E-state index in [9.17, 15) is 4.79 Å². The maximum Gasteiger partial charge on any atom is 0.341 e. The number of nitrogens with one attached hydrogen (secondary N) is 1. The van der Waals surface area contributed by atoms with Crippen molar-refractivity contribution in [1.29, 1.82) is 0 Å². The molecule has 5 rings (SSSR count). The molecule has 1 saturated heterocycles. The van der Waals surface area contributed by atoms with Crippen LogP contribution < -0.4 is 10.2 Å². The molecule has 1 N–H and O–H groups in total. The molecular weight excluding hydrogens is 432 g/mol. The Morgan fingerprint density at radius 3 is 2.70 bits per heavy atom. The van der Waals surface area contributed by atoms with Crippen LogP contribution in [-0.2, 0) is 17.6 Å². The van der Waals surface area contributed by atoms with E-state index in [1.54, 1.807) is 11.3 Å². The van der Waals surface area contributed by atoms with E-state index in [0.29, 0.717) is 18.2 Å². The van der Waals surface area contributed by atoms with Crippen molar-refractivity contribution in [3.05, 3.63) is 40.3 Å². The van der Waals surface area contributed by atoms with E-state index in [1.807, 2.05) is 31.2 Å². The lowest BCUT2D eigenvalue weighted by atomic mass is 9.95. The van der Waals surface area contributed by atoms with Gasteiger partial charge in [0.1, 0.15) is 5.00 Å². The van der Waals surface area contributed by atoms with Gasteiger partial charge in [-0.15, -0.1) is 11.3 Å². The second-order valence-electron chi connectivity index (χ2n) is 8.90. The SMILES string of the molecule is CCOC(=O)c1c(Nc2nc3ccccc3nc2N2CCCC[C@@H]2CC)sc2c1CCCC2. The van der Waals surface area contributed by atoms with Crippen molar-refractivity contribution in [3.8, 4) is 0 Å². The van der Waals surface area contributed by atoms with E-state index in [1.165, 1.54) is 24.1 Å². The number of anilines is 3. The zero-order valence-electron chi connectivity index (χ0n) is 19.5. The normalized spacial score (nSPS) is 18.2. The van der Waals surface area contributed by atoms with E-state index >= 15 is 0 Å². The number of carbonyl (C=O) groups excluding carboxylic acids is 1. The summed E-state index contributed by atoms with van der Waals surface area (Å²) in [4.78, 5) is 26.8. The number of hydrogen-bond acceptors (Lipinski definition) is 7. The lowest BCUT2D eigenvalue weighted by Crippen LogP contribution is -2.40. The highest BCUT2D eigenvalue weighted by atomic mass is 32.1. The monoisotopic (exact) mass is 464 g/mol. The highest BCUT2D eigenvalue weighted by Crippen LogP contribution is 2.41. The predicted molar refractivity (Wildman–Crippen MR) is 135 cm³/mol. The number of aryl methyl sites for hydroxylation is 1. The average molecular weight is 465 g/mol. The minimum Gasteiger partial charge on any atom is -0.462 e. The number of benzene rings is 1. The lowest BCUT2D eigenvalue weighted by molar-refractivity contribution is 0.0526. The third-order valence-electron chi connectivity index (χ3n) is 6.81. The van der Waals surface area contributed by atoms with Crippen molar-refractivity contribution in [3.63, 3.8) is 0 Å². The Morgan fingerprint density at radius 2 is 1.91 bits per heavy atom. The summed E-state index contributed by atoms with van der Waals surface area (Å²) in [7, 11) is 0. The van der Waals surface area contributed by atoms with Crippen LogP contribution in [0.5, 0.6) is 0 Å². The van der Waals surface area contributed by atoms with Crippen molar-refractivity contribution >= 4 is 45.0 Å². The fourth-order valence-electron chi connectivity index (χ4n) is 5.16. The number of piperidine rings is 1. The second-order valence-corrected chi connectivity index (χ2v) is 10.0. The first kappa shape index (κ1) is 22.1. The summed E-state index contributed by atoms with van der Waals surface area (Å²) in [6.07, 6.45) is 8.90. The van der Waals surface area contributed by atoms with Crippen LogP contribution in [0.2, 0.25) is 0 Å². The van der Waals surface area contributed by atoms with Crippen molar-refractivity contribution in [2.75, 3.05) is 23.4 Å². The highest BCUT2D eigenvalue weighted by Gasteiger charge is 2.29. The number of para-hydroxylation sites is 2. The van der Waals surface area contributed by atoms with Crippen molar-refractivity contribution < 1.29 is 9.53 Å². The third-order valence-corrected chi connectivity index (χ3v) is 8.01. The maximum absolute atomic E-state index is 13.0. The average Bonchev–Trinajstić information content (AvgIpc) is 3.21. The predicted octanol–water partition coefficient (Wildman–Crippen LogP) is 6.26. The van der Waals surface area contributed by atoms with Gasteiger partial charge in [-0.25, -0.2) is 14.8 Å². The van der Waals surface area contributed by atoms with Gasteiger partial charge < -0.3 is 15.0 Å². The summed E-state index contributed by atoms with van der Waals surface area (Å²) in [5.41, 5.74) is 3.61. The number of fused-ring (bicyclic) bond motifs is 2. The fraction of sp³-hybridized carbons (Fsp3) is 0.500. The molecule has 6 nitrogen and oxygen atoms in total.